The Hall–Kier alpha value is -3.40. The fourth-order valence-electron chi connectivity index (χ4n) is 5.01. The summed E-state index contributed by atoms with van der Waals surface area (Å²) in [7, 11) is 0. The number of nitrogens with one attached hydrogen (secondary N) is 2. The lowest BCUT2D eigenvalue weighted by Crippen LogP contribution is -2.58. The first-order valence-corrected chi connectivity index (χ1v) is 13.8. The average molecular weight is 631 g/mol. The number of alkyl halides is 3. The number of amides is 3. The van der Waals surface area contributed by atoms with Crippen molar-refractivity contribution in [3.8, 4) is 11.4 Å². The minimum atomic E-state index is -4.93. The second kappa shape index (κ2) is 13.9. The van der Waals surface area contributed by atoms with E-state index in [4.69, 9.17) is 11.5 Å². The molecule has 16 heteroatoms. The van der Waals surface area contributed by atoms with Gasteiger partial charge in [0.15, 0.2) is 0 Å². The van der Waals surface area contributed by atoms with E-state index in [1.165, 1.54) is 29.3 Å². The fraction of sp³-hybridized carbons (Fsp3) is 0.556. The summed E-state index contributed by atoms with van der Waals surface area (Å²) in [4.78, 5) is 44.8. The first-order valence-electron chi connectivity index (χ1n) is 13.8. The Morgan fingerprint density at radius 2 is 1.67 bits per heavy atom. The van der Waals surface area contributed by atoms with Crippen molar-refractivity contribution >= 4 is 30.2 Å². The van der Waals surface area contributed by atoms with Crippen molar-refractivity contribution in [2.45, 2.75) is 70.1 Å². The number of benzene rings is 1. The number of carbonyl (C=O) groups excluding carboxylic acids is 2. The summed E-state index contributed by atoms with van der Waals surface area (Å²) in [6.45, 7) is 4.54. The summed E-state index contributed by atoms with van der Waals surface area (Å²) in [5.74, 6) is -0.669. The number of urea groups is 1. The van der Waals surface area contributed by atoms with Gasteiger partial charge in [-0.25, -0.2) is 9.59 Å². The number of ether oxygens (including phenoxy) is 1. The number of carbonyl (C=O) groups is 2. The van der Waals surface area contributed by atoms with E-state index in [9.17, 15) is 27.6 Å². The molecule has 1 saturated carbocycles. The van der Waals surface area contributed by atoms with Crippen molar-refractivity contribution in [1.29, 1.82) is 0 Å². The van der Waals surface area contributed by atoms with Gasteiger partial charge in [-0.1, -0.05) is 6.07 Å². The van der Waals surface area contributed by atoms with Gasteiger partial charge in [0.1, 0.15) is 11.6 Å². The van der Waals surface area contributed by atoms with Crippen molar-refractivity contribution < 1.29 is 27.5 Å². The van der Waals surface area contributed by atoms with Crippen LogP contribution in [0.2, 0.25) is 0 Å². The third kappa shape index (κ3) is 9.29. The zero-order chi connectivity index (χ0) is 30.7. The molecular formula is C27H38ClF3N8O4. The van der Waals surface area contributed by atoms with E-state index in [1.807, 2.05) is 0 Å². The van der Waals surface area contributed by atoms with E-state index < -0.39 is 29.4 Å². The maximum absolute atomic E-state index is 13.2. The van der Waals surface area contributed by atoms with Gasteiger partial charge in [0, 0.05) is 62.6 Å². The van der Waals surface area contributed by atoms with Crippen molar-refractivity contribution in [1.82, 2.24) is 24.7 Å². The minimum Gasteiger partial charge on any atom is -0.405 e. The highest BCUT2D eigenvalue weighted by Crippen LogP contribution is 2.29. The molecule has 0 atom stereocenters. The molecule has 2 fully saturated rings. The van der Waals surface area contributed by atoms with Gasteiger partial charge in [0.25, 0.3) is 0 Å². The first-order chi connectivity index (χ1) is 19.7. The molecule has 1 aromatic carbocycles. The molecule has 4 rings (SSSR count). The predicted octanol–water partition coefficient (Wildman–Crippen LogP) is 2.33. The highest BCUT2D eigenvalue weighted by atomic mass is 35.5. The number of hydrogen-bond acceptors (Lipinski definition) is 8. The molecule has 1 aliphatic carbocycles. The smallest absolute Gasteiger partial charge is 0.405 e. The number of rotatable bonds is 7. The molecule has 0 spiro atoms. The molecular weight excluding hydrogens is 593 g/mol. The van der Waals surface area contributed by atoms with Gasteiger partial charge >= 0.3 is 18.1 Å². The second-order valence-electron chi connectivity index (χ2n) is 11.2. The number of nitrogens with zero attached hydrogens (tertiary/aromatic N) is 4. The number of anilines is 1. The third-order valence-electron chi connectivity index (χ3n) is 7.35. The molecule has 2 aliphatic rings. The van der Waals surface area contributed by atoms with E-state index >= 15 is 0 Å². The predicted molar refractivity (Wildman–Crippen MR) is 156 cm³/mol. The van der Waals surface area contributed by atoms with E-state index in [2.05, 4.69) is 20.4 Å². The molecule has 2 aromatic rings. The largest absolute Gasteiger partial charge is 0.573 e. The zero-order valence-corrected chi connectivity index (χ0v) is 24.8. The van der Waals surface area contributed by atoms with Gasteiger partial charge in [-0.05, 0) is 51.7 Å². The van der Waals surface area contributed by atoms with Gasteiger partial charge in [0.2, 0.25) is 5.91 Å². The third-order valence-corrected chi connectivity index (χ3v) is 7.35. The summed E-state index contributed by atoms with van der Waals surface area (Å²) in [6.07, 6.45) is -0.260. The Kier molecular flexibility index (Phi) is 11.0. The second-order valence-corrected chi connectivity index (χ2v) is 11.2. The quantitative estimate of drug-likeness (QED) is 0.363. The van der Waals surface area contributed by atoms with Crippen LogP contribution >= 0.6 is 12.4 Å². The van der Waals surface area contributed by atoms with Gasteiger partial charge in [-0.2, -0.15) is 4.98 Å². The Labute approximate surface area is 253 Å². The molecule has 3 amide bonds. The summed E-state index contributed by atoms with van der Waals surface area (Å²) in [5, 5.41) is 5.82. The summed E-state index contributed by atoms with van der Waals surface area (Å²) in [6, 6.07) is 5.25. The molecule has 0 bridgehead atoms. The van der Waals surface area contributed by atoms with Crippen LogP contribution in [0, 0.1) is 0 Å². The maximum Gasteiger partial charge on any atom is 0.573 e. The molecule has 238 valence electrons. The Balaban J connectivity index is 0.00000506. The van der Waals surface area contributed by atoms with Gasteiger partial charge < -0.3 is 31.3 Å². The molecule has 12 nitrogen and oxygen atoms in total. The SMILES string of the molecule is CC(C)(N)C(=O)N1CCN(C(=O)Nc2ccn(-c3ccc(CN[C@H]4CC[C@H](N)CC4)c(OC(F)(F)F)c3)c(=O)n2)CC1.Cl. The summed E-state index contributed by atoms with van der Waals surface area (Å²) in [5.41, 5.74) is 10.4. The molecule has 0 unspecified atom stereocenters. The molecule has 1 aliphatic heterocycles. The van der Waals surface area contributed by atoms with E-state index in [0.717, 1.165) is 36.3 Å². The van der Waals surface area contributed by atoms with Crippen LogP contribution in [0.25, 0.3) is 5.69 Å². The van der Waals surface area contributed by atoms with E-state index in [-0.39, 0.29) is 67.1 Å². The molecule has 43 heavy (non-hydrogen) atoms. The van der Waals surface area contributed by atoms with Crippen LogP contribution in [0.4, 0.5) is 23.8 Å². The number of hydrogen-bond donors (Lipinski definition) is 4. The molecule has 6 N–H and O–H groups in total. The van der Waals surface area contributed by atoms with Crippen LogP contribution in [0.15, 0.2) is 35.3 Å². The highest BCUT2D eigenvalue weighted by Gasteiger charge is 2.33. The molecule has 1 aromatic heterocycles. The van der Waals surface area contributed by atoms with Crippen molar-refractivity contribution in [2.75, 3.05) is 31.5 Å². The van der Waals surface area contributed by atoms with Gasteiger partial charge in [-0.3, -0.25) is 14.7 Å². The van der Waals surface area contributed by atoms with Crippen LogP contribution < -0.4 is 32.5 Å². The zero-order valence-electron chi connectivity index (χ0n) is 24.0. The fourth-order valence-corrected chi connectivity index (χ4v) is 5.01. The maximum atomic E-state index is 13.2. The van der Waals surface area contributed by atoms with Crippen LogP contribution in [0.5, 0.6) is 5.75 Å². The van der Waals surface area contributed by atoms with Crippen molar-refractivity contribution in [3.63, 3.8) is 0 Å². The number of piperazine rings is 1. The van der Waals surface area contributed by atoms with Crippen LogP contribution in [0.1, 0.15) is 45.1 Å². The van der Waals surface area contributed by atoms with Gasteiger partial charge in [-0.15, -0.1) is 25.6 Å². The Bertz CT molecular complexity index is 1330. The lowest BCUT2D eigenvalue weighted by Gasteiger charge is -2.37. The number of nitrogens with two attached hydrogens (primary N) is 2. The van der Waals surface area contributed by atoms with Crippen molar-refractivity contribution in [3.05, 3.63) is 46.5 Å². The molecule has 2 heterocycles. The monoisotopic (exact) mass is 630 g/mol. The topological polar surface area (TPSA) is 161 Å². The average Bonchev–Trinajstić information content (AvgIpc) is 2.91. The van der Waals surface area contributed by atoms with Crippen LogP contribution in [-0.4, -0.2) is 81.5 Å². The van der Waals surface area contributed by atoms with E-state index in [0.29, 0.717) is 13.1 Å². The summed E-state index contributed by atoms with van der Waals surface area (Å²) >= 11 is 0. The highest BCUT2D eigenvalue weighted by molar-refractivity contribution is 5.89. The van der Waals surface area contributed by atoms with Crippen LogP contribution in [-0.2, 0) is 11.3 Å². The van der Waals surface area contributed by atoms with Gasteiger partial charge in [0.05, 0.1) is 11.2 Å². The lowest BCUT2D eigenvalue weighted by molar-refractivity contribution is -0.274. The van der Waals surface area contributed by atoms with Crippen molar-refractivity contribution in [2.24, 2.45) is 11.5 Å². The van der Waals surface area contributed by atoms with Crippen LogP contribution in [0.3, 0.4) is 0 Å². The number of aromatic nitrogens is 2. The number of halogens is 4. The Morgan fingerprint density at radius 3 is 2.26 bits per heavy atom. The minimum absolute atomic E-state index is 0. The van der Waals surface area contributed by atoms with E-state index in [1.54, 1.807) is 18.7 Å². The summed E-state index contributed by atoms with van der Waals surface area (Å²) < 4.78 is 45.0. The lowest BCUT2D eigenvalue weighted by atomic mass is 9.92. The molecule has 0 radical (unpaired) electrons. The first kappa shape index (κ1) is 34.1. The normalized spacial score (nSPS) is 19.4. The standard InChI is InChI=1S/C27H37F3N8O4.ClH/c1-26(2,32)23(39)36-11-13-37(14-12-36)24(40)34-22-9-10-38(25(41)35-22)20-8-3-17(21(15-20)42-27(28,29)30)16-33-19-6-4-18(31)5-7-19;/h3,8-10,15,18-19,33H,4-7,11-14,16,31-32H2,1-2H3,(H,34,35,40,41);1H/t18-,19-;. The Morgan fingerprint density at radius 1 is 1.05 bits per heavy atom. The molecule has 1 saturated heterocycles.